The molecule has 0 aromatic carbocycles. The van der Waals surface area contributed by atoms with Gasteiger partial charge >= 0.3 is 0 Å². The molecule has 0 radical (unpaired) electrons. The van der Waals surface area contributed by atoms with Gasteiger partial charge in [-0.15, -0.1) is 0 Å². The van der Waals surface area contributed by atoms with Crippen molar-refractivity contribution in [3.05, 3.63) is 0 Å². The van der Waals surface area contributed by atoms with Crippen LogP contribution in [0, 0.1) is 17.3 Å². The molecular weight excluding hydrogens is 180 g/mol. The van der Waals surface area contributed by atoms with Crippen LogP contribution in [0.5, 0.6) is 0 Å². The largest absolute Gasteiger partial charge is 0.0654 e. The van der Waals surface area contributed by atoms with E-state index in [1.807, 2.05) is 0 Å². The van der Waals surface area contributed by atoms with Crippen LogP contribution in [0.4, 0.5) is 0 Å². The van der Waals surface area contributed by atoms with Crippen molar-refractivity contribution in [2.75, 3.05) is 0 Å². The maximum absolute atomic E-state index is 2.54. The Morgan fingerprint density at radius 3 is 2.27 bits per heavy atom. The Balaban J connectivity index is 2.26. The van der Waals surface area contributed by atoms with Crippen molar-refractivity contribution in [3.8, 4) is 0 Å². The highest BCUT2D eigenvalue weighted by Crippen LogP contribution is 2.52. The summed E-state index contributed by atoms with van der Waals surface area (Å²) in [4.78, 5) is 0. The molecule has 15 heavy (non-hydrogen) atoms. The van der Waals surface area contributed by atoms with E-state index in [4.69, 9.17) is 0 Å². The average molecular weight is 210 g/mol. The maximum atomic E-state index is 2.54. The summed E-state index contributed by atoms with van der Waals surface area (Å²) < 4.78 is 0. The molecule has 90 valence electrons. The van der Waals surface area contributed by atoms with Gasteiger partial charge in [0.05, 0.1) is 0 Å². The van der Waals surface area contributed by atoms with Gasteiger partial charge in [0.25, 0.3) is 0 Å². The summed E-state index contributed by atoms with van der Waals surface area (Å²) in [6, 6.07) is 0. The van der Waals surface area contributed by atoms with Gasteiger partial charge in [0, 0.05) is 0 Å². The third-order valence-corrected chi connectivity index (χ3v) is 4.89. The molecule has 0 amide bonds. The van der Waals surface area contributed by atoms with Crippen molar-refractivity contribution >= 4 is 0 Å². The number of hydrogen-bond donors (Lipinski definition) is 0. The second-order valence-electron chi connectivity index (χ2n) is 5.88. The molecule has 0 bridgehead atoms. The summed E-state index contributed by atoms with van der Waals surface area (Å²) in [7, 11) is 0. The first-order valence-corrected chi connectivity index (χ1v) is 7.15. The van der Waals surface area contributed by atoms with Crippen molar-refractivity contribution in [1.29, 1.82) is 0 Å². The van der Waals surface area contributed by atoms with Crippen LogP contribution in [0.3, 0.4) is 0 Å². The molecule has 0 saturated heterocycles. The fourth-order valence-electron chi connectivity index (χ4n) is 2.99. The lowest BCUT2D eigenvalue weighted by molar-refractivity contribution is 0.144. The van der Waals surface area contributed by atoms with Gasteiger partial charge in [0.1, 0.15) is 0 Å². The van der Waals surface area contributed by atoms with E-state index in [9.17, 15) is 0 Å². The average Bonchev–Trinajstić information content (AvgIpc) is 3.06. The van der Waals surface area contributed by atoms with E-state index in [2.05, 4.69) is 27.7 Å². The first-order valence-electron chi connectivity index (χ1n) is 7.15. The second kappa shape index (κ2) is 5.92. The van der Waals surface area contributed by atoms with Crippen LogP contribution < -0.4 is 0 Å². The van der Waals surface area contributed by atoms with Crippen LogP contribution in [0.15, 0.2) is 0 Å². The first kappa shape index (κ1) is 13.1. The molecule has 0 nitrogen and oxygen atoms in total. The predicted octanol–water partition coefficient (Wildman–Crippen LogP) is 5.42. The molecule has 0 aromatic rings. The Morgan fingerprint density at radius 2 is 1.80 bits per heavy atom. The second-order valence-corrected chi connectivity index (χ2v) is 5.88. The van der Waals surface area contributed by atoms with Gasteiger partial charge in [-0.3, -0.25) is 0 Å². The minimum atomic E-state index is 0.659. The van der Waals surface area contributed by atoms with Gasteiger partial charge in [0.2, 0.25) is 0 Å². The quantitative estimate of drug-likeness (QED) is 0.469. The normalized spacial score (nSPS) is 22.4. The predicted molar refractivity (Wildman–Crippen MR) is 69.0 cm³/mol. The van der Waals surface area contributed by atoms with Gasteiger partial charge in [-0.2, -0.15) is 0 Å². The minimum absolute atomic E-state index is 0.659. The van der Waals surface area contributed by atoms with E-state index >= 15 is 0 Å². The lowest BCUT2D eigenvalue weighted by Crippen LogP contribution is -2.27. The Kier molecular flexibility index (Phi) is 5.15. The summed E-state index contributed by atoms with van der Waals surface area (Å²) >= 11 is 0. The van der Waals surface area contributed by atoms with Gasteiger partial charge in [-0.05, 0) is 30.1 Å². The maximum Gasteiger partial charge on any atom is -0.0274 e. The lowest BCUT2D eigenvalue weighted by atomic mass is 9.70. The Morgan fingerprint density at radius 1 is 1.13 bits per heavy atom. The molecule has 1 rings (SSSR count). The topological polar surface area (TPSA) is 0 Å². The van der Waals surface area contributed by atoms with Crippen LogP contribution >= 0.6 is 0 Å². The van der Waals surface area contributed by atoms with E-state index in [0.717, 1.165) is 11.8 Å². The molecule has 1 aliphatic rings. The Bertz CT molecular complexity index is 169. The third-order valence-electron chi connectivity index (χ3n) is 4.89. The fourth-order valence-corrected chi connectivity index (χ4v) is 2.99. The van der Waals surface area contributed by atoms with Crippen molar-refractivity contribution < 1.29 is 0 Å². The number of unbranched alkanes of at least 4 members (excludes halogenated alkanes) is 3. The van der Waals surface area contributed by atoms with E-state index in [1.165, 1.54) is 51.4 Å². The van der Waals surface area contributed by atoms with Gasteiger partial charge in [0.15, 0.2) is 0 Å². The van der Waals surface area contributed by atoms with Crippen molar-refractivity contribution in [2.24, 2.45) is 17.3 Å². The van der Waals surface area contributed by atoms with Crippen LogP contribution in [-0.2, 0) is 0 Å². The summed E-state index contributed by atoms with van der Waals surface area (Å²) in [5, 5.41) is 0. The molecule has 0 N–H and O–H groups in total. The molecule has 0 heteroatoms. The van der Waals surface area contributed by atoms with Gasteiger partial charge in [-0.25, -0.2) is 0 Å². The molecular formula is C15H30. The van der Waals surface area contributed by atoms with Crippen molar-refractivity contribution in [2.45, 2.75) is 79.1 Å². The SMILES string of the molecule is CCCCCCC(C)C(C)(CC)C1CC1. The summed E-state index contributed by atoms with van der Waals surface area (Å²) in [5.41, 5.74) is 0.659. The van der Waals surface area contributed by atoms with Crippen molar-refractivity contribution in [3.63, 3.8) is 0 Å². The molecule has 1 saturated carbocycles. The minimum Gasteiger partial charge on any atom is -0.0654 e. The van der Waals surface area contributed by atoms with Gasteiger partial charge < -0.3 is 0 Å². The Hall–Kier alpha value is 0. The monoisotopic (exact) mass is 210 g/mol. The molecule has 0 aromatic heterocycles. The number of hydrogen-bond acceptors (Lipinski definition) is 0. The number of rotatable bonds is 8. The third kappa shape index (κ3) is 3.50. The highest BCUT2D eigenvalue weighted by molar-refractivity contribution is 4.93. The molecule has 0 spiro atoms. The molecule has 2 atom stereocenters. The van der Waals surface area contributed by atoms with E-state index in [1.54, 1.807) is 0 Å². The highest BCUT2D eigenvalue weighted by Gasteiger charge is 2.43. The molecule has 0 aliphatic heterocycles. The van der Waals surface area contributed by atoms with Crippen LogP contribution in [0.25, 0.3) is 0 Å². The standard InChI is InChI=1S/C15H30/c1-5-7-8-9-10-13(3)15(4,6-2)14-11-12-14/h13-14H,5-12H2,1-4H3. The van der Waals surface area contributed by atoms with E-state index in [-0.39, 0.29) is 0 Å². The lowest BCUT2D eigenvalue weighted by Gasteiger charge is -2.35. The van der Waals surface area contributed by atoms with Crippen LogP contribution in [0.2, 0.25) is 0 Å². The van der Waals surface area contributed by atoms with E-state index < -0.39 is 0 Å². The smallest absolute Gasteiger partial charge is 0.0274 e. The molecule has 1 aliphatic carbocycles. The summed E-state index contributed by atoms with van der Waals surface area (Å²) in [5.74, 6) is 2.00. The van der Waals surface area contributed by atoms with Crippen molar-refractivity contribution in [1.82, 2.24) is 0 Å². The highest BCUT2D eigenvalue weighted by atomic mass is 14.5. The molecule has 1 fully saturated rings. The zero-order valence-electron chi connectivity index (χ0n) is 11.3. The summed E-state index contributed by atoms with van der Waals surface area (Å²) in [6.07, 6.45) is 11.5. The van der Waals surface area contributed by atoms with Crippen LogP contribution in [-0.4, -0.2) is 0 Å². The zero-order valence-corrected chi connectivity index (χ0v) is 11.3. The zero-order chi connectivity index (χ0) is 11.3. The molecule has 0 heterocycles. The fraction of sp³-hybridized carbons (Fsp3) is 1.00. The van der Waals surface area contributed by atoms with Crippen LogP contribution in [0.1, 0.15) is 79.1 Å². The Labute approximate surface area is 96.8 Å². The molecule has 2 unspecified atom stereocenters. The van der Waals surface area contributed by atoms with Gasteiger partial charge in [-0.1, -0.05) is 66.2 Å². The first-order chi connectivity index (χ1) is 7.15. The van der Waals surface area contributed by atoms with E-state index in [0.29, 0.717) is 5.41 Å². The summed E-state index contributed by atoms with van der Waals surface area (Å²) in [6.45, 7) is 9.72.